The van der Waals surface area contributed by atoms with Crippen LogP contribution in [0.15, 0.2) is 36.7 Å². The largest absolute Gasteiger partial charge is 0.381 e. The van der Waals surface area contributed by atoms with Gasteiger partial charge in [0.1, 0.15) is 5.01 Å². The van der Waals surface area contributed by atoms with Gasteiger partial charge in [0.15, 0.2) is 0 Å². The van der Waals surface area contributed by atoms with E-state index < -0.39 is 0 Å². The van der Waals surface area contributed by atoms with Crippen molar-refractivity contribution in [1.29, 1.82) is 0 Å². The van der Waals surface area contributed by atoms with Gasteiger partial charge in [0.25, 0.3) is 0 Å². The Kier molecular flexibility index (Phi) is 4.48. The molecule has 3 heterocycles. The first-order valence-electron chi connectivity index (χ1n) is 7.99. The molecule has 0 spiro atoms. The van der Waals surface area contributed by atoms with Crippen LogP contribution in [-0.4, -0.2) is 38.4 Å². The highest BCUT2D eigenvalue weighted by molar-refractivity contribution is 7.15. The Bertz CT molecular complexity index is 764. The van der Waals surface area contributed by atoms with Crippen molar-refractivity contribution >= 4 is 16.5 Å². The number of hydrogen-bond acceptors (Lipinski definition) is 7. The van der Waals surface area contributed by atoms with Crippen molar-refractivity contribution in [3.8, 4) is 5.69 Å². The molecule has 0 radical (unpaired) electrons. The van der Waals surface area contributed by atoms with Crippen molar-refractivity contribution in [1.82, 2.24) is 25.2 Å². The molecule has 0 saturated carbocycles. The Morgan fingerprint density at radius 1 is 1.17 bits per heavy atom. The first-order valence-corrected chi connectivity index (χ1v) is 8.81. The summed E-state index contributed by atoms with van der Waals surface area (Å²) in [5.74, 6) is 0.494. The first-order chi connectivity index (χ1) is 11.9. The fourth-order valence-electron chi connectivity index (χ4n) is 2.71. The minimum atomic E-state index is 0.494. The fraction of sp³-hybridized carbons (Fsp3) is 0.375. The summed E-state index contributed by atoms with van der Waals surface area (Å²) < 4.78 is 7.14. The number of nitrogens with one attached hydrogen (secondary N) is 1. The SMILES string of the molecule is c1cn(-c2ccc(CNc3nnc(C4CCOCC4)s3)cc2)nn1. The molecule has 0 atom stereocenters. The van der Waals surface area contributed by atoms with Crippen molar-refractivity contribution in [2.75, 3.05) is 18.5 Å². The summed E-state index contributed by atoms with van der Waals surface area (Å²) in [6.45, 7) is 2.37. The maximum atomic E-state index is 5.40. The Balaban J connectivity index is 1.36. The van der Waals surface area contributed by atoms with Gasteiger partial charge in [-0.15, -0.1) is 15.3 Å². The zero-order valence-corrected chi connectivity index (χ0v) is 13.9. The van der Waals surface area contributed by atoms with Crippen LogP contribution >= 0.6 is 11.3 Å². The van der Waals surface area contributed by atoms with E-state index in [-0.39, 0.29) is 0 Å². The Hall–Kier alpha value is -2.32. The minimum Gasteiger partial charge on any atom is -0.381 e. The predicted molar refractivity (Wildman–Crippen MR) is 91.4 cm³/mol. The standard InChI is InChI=1S/C16H18N6OS/c1-3-14(22-8-7-18-21-22)4-2-12(1)11-17-16-20-19-15(24-16)13-5-9-23-10-6-13/h1-4,7-8,13H,5-6,9-11H2,(H,17,20). The number of nitrogens with zero attached hydrogens (tertiary/aromatic N) is 5. The second-order valence-electron chi connectivity index (χ2n) is 5.70. The van der Waals surface area contributed by atoms with Gasteiger partial charge in [-0.3, -0.25) is 0 Å². The van der Waals surface area contributed by atoms with Crippen LogP contribution in [0.4, 0.5) is 5.13 Å². The van der Waals surface area contributed by atoms with Crippen LogP contribution in [0, 0.1) is 0 Å². The second-order valence-corrected chi connectivity index (χ2v) is 6.71. The number of rotatable bonds is 5. The zero-order chi connectivity index (χ0) is 16.2. The van der Waals surface area contributed by atoms with E-state index >= 15 is 0 Å². The number of ether oxygens (including phenoxy) is 1. The summed E-state index contributed by atoms with van der Waals surface area (Å²) in [5.41, 5.74) is 2.18. The van der Waals surface area contributed by atoms with E-state index in [1.165, 1.54) is 5.56 Å². The summed E-state index contributed by atoms with van der Waals surface area (Å²) in [7, 11) is 0. The Morgan fingerprint density at radius 3 is 2.75 bits per heavy atom. The van der Waals surface area contributed by atoms with E-state index in [1.807, 2.05) is 18.3 Å². The third-order valence-electron chi connectivity index (χ3n) is 4.08. The lowest BCUT2D eigenvalue weighted by molar-refractivity contribution is 0.0851. The number of benzene rings is 1. The van der Waals surface area contributed by atoms with Crippen molar-refractivity contribution in [2.24, 2.45) is 0 Å². The lowest BCUT2D eigenvalue weighted by Gasteiger charge is -2.18. The molecule has 0 bridgehead atoms. The van der Waals surface area contributed by atoms with Crippen LogP contribution in [0.5, 0.6) is 0 Å². The molecule has 1 saturated heterocycles. The molecular weight excluding hydrogens is 324 g/mol. The van der Waals surface area contributed by atoms with E-state index in [9.17, 15) is 0 Å². The third kappa shape index (κ3) is 3.44. The van der Waals surface area contributed by atoms with Crippen molar-refractivity contribution in [3.05, 3.63) is 47.2 Å². The Labute approximate surface area is 143 Å². The molecule has 1 N–H and O–H groups in total. The van der Waals surface area contributed by atoms with E-state index in [4.69, 9.17) is 4.74 Å². The van der Waals surface area contributed by atoms with Crippen molar-refractivity contribution in [2.45, 2.75) is 25.3 Å². The van der Waals surface area contributed by atoms with Crippen LogP contribution in [0.1, 0.15) is 29.3 Å². The molecule has 0 amide bonds. The van der Waals surface area contributed by atoms with Gasteiger partial charge in [0.2, 0.25) is 5.13 Å². The molecule has 124 valence electrons. The minimum absolute atomic E-state index is 0.494. The molecule has 1 aromatic carbocycles. The molecular formula is C16H18N6OS. The number of anilines is 1. The molecule has 2 aromatic heterocycles. The third-order valence-corrected chi connectivity index (χ3v) is 5.12. The van der Waals surface area contributed by atoms with Crippen LogP contribution < -0.4 is 5.32 Å². The lowest BCUT2D eigenvalue weighted by atomic mass is 10.0. The maximum absolute atomic E-state index is 5.40. The predicted octanol–water partition coefficient (Wildman–Crippen LogP) is 2.62. The van der Waals surface area contributed by atoms with Gasteiger partial charge in [-0.2, -0.15) is 0 Å². The number of hydrogen-bond donors (Lipinski definition) is 1. The van der Waals surface area contributed by atoms with Crippen LogP contribution in [0.2, 0.25) is 0 Å². The van der Waals surface area contributed by atoms with E-state index in [0.29, 0.717) is 5.92 Å². The average molecular weight is 342 g/mol. The van der Waals surface area contributed by atoms with Gasteiger partial charge in [-0.1, -0.05) is 28.7 Å². The highest BCUT2D eigenvalue weighted by Gasteiger charge is 2.19. The molecule has 0 unspecified atom stereocenters. The van der Waals surface area contributed by atoms with Crippen molar-refractivity contribution < 1.29 is 4.74 Å². The summed E-state index contributed by atoms with van der Waals surface area (Å²) in [6.07, 6.45) is 5.57. The van der Waals surface area contributed by atoms with E-state index in [1.54, 1.807) is 22.2 Å². The summed E-state index contributed by atoms with van der Waals surface area (Å²) in [5, 5.41) is 21.7. The molecule has 1 fully saturated rings. The van der Waals surface area contributed by atoms with E-state index in [2.05, 4.69) is 38.0 Å². The smallest absolute Gasteiger partial charge is 0.205 e. The van der Waals surface area contributed by atoms with Gasteiger partial charge in [-0.05, 0) is 30.5 Å². The maximum Gasteiger partial charge on any atom is 0.205 e. The highest BCUT2D eigenvalue weighted by atomic mass is 32.1. The van der Waals surface area contributed by atoms with Gasteiger partial charge < -0.3 is 10.1 Å². The van der Waals surface area contributed by atoms with Crippen LogP contribution in [0.25, 0.3) is 5.69 Å². The van der Waals surface area contributed by atoms with Crippen LogP contribution in [0.3, 0.4) is 0 Å². The molecule has 24 heavy (non-hydrogen) atoms. The van der Waals surface area contributed by atoms with Gasteiger partial charge in [0.05, 0.1) is 18.1 Å². The molecule has 4 rings (SSSR count). The van der Waals surface area contributed by atoms with Crippen molar-refractivity contribution in [3.63, 3.8) is 0 Å². The van der Waals surface area contributed by atoms with Gasteiger partial charge in [-0.25, -0.2) is 4.68 Å². The summed E-state index contributed by atoms with van der Waals surface area (Å²) in [4.78, 5) is 0. The molecule has 3 aromatic rings. The monoisotopic (exact) mass is 342 g/mol. The van der Waals surface area contributed by atoms with Crippen LogP contribution in [-0.2, 0) is 11.3 Å². The van der Waals surface area contributed by atoms with Gasteiger partial charge in [0, 0.05) is 25.7 Å². The van der Waals surface area contributed by atoms with E-state index in [0.717, 1.165) is 48.4 Å². The average Bonchev–Trinajstić information content (AvgIpc) is 3.33. The zero-order valence-electron chi connectivity index (χ0n) is 13.1. The fourth-order valence-corrected chi connectivity index (χ4v) is 3.61. The van der Waals surface area contributed by atoms with Gasteiger partial charge >= 0.3 is 0 Å². The topological polar surface area (TPSA) is 77.8 Å². The Morgan fingerprint density at radius 2 is 2.00 bits per heavy atom. The highest BCUT2D eigenvalue weighted by Crippen LogP contribution is 2.30. The quantitative estimate of drug-likeness (QED) is 0.768. The molecule has 8 heteroatoms. The molecule has 1 aliphatic heterocycles. The molecule has 1 aliphatic rings. The summed E-state index contributed by atoms with van der Waals surface area (Å²) >= 11 is 1.65. The first kappa shape index (κ1) is 15.2. The molecule has 7 nitrogen and oxygen atoms in total. The number of aromatic nitrogens is 5. The molecule has 0 aliphatic carbocycles. The summed E-state index contributed by atoms with van der Waals surface area (Å²) in [6, 6.07) is 8.20. The second kappa shape index (κ2) is 7.06. The lowest BCUT2D eigenvalue weighted by Crippen LogP contribution is -2.13. The normalized spacial score (nSPS) is 15.5.